The molecule has 9 heteroatoms. The van der Waals surface area contributed by atoms with Crippen molar-refractivity contribution in [3.63, 3.8) is 0 Å². The first kappa shape index (κ1) is 38.3. The number of morpholine rings is 1. The number of hydrogen-bond donors (Lipinski definition) is 0. The maximum atomic E-state index is 6.21. The molecule has 0 saturated carbocycles. The molecule has 5 rings (SSSR count). The highest BCUT2D eigenvalue weighted by Crippen LogP contribution is 2.46. The van der Waals surface area contributed by atoms with Crippen LogP contribution in [0.2, 0.25) is 5.02 Å². The summed E-state index contributed by atoms with van der Waals surface area (Å²) in [6.45, 7) is 9.66. The van der Waals surface area contributed by atoms with Gasteiger partial charge < -0.3 is 19.1 Å². The van der Waals surface area contributed by atoms with Gasteiger partial charge in [0, 0.05) is 41.0 Å². The lowest BCUT2D eigenvalue weighted by Crippen LogP contribution is -2.37. The van der Waals surface area contributed by atoms with E-state index in [0.717, 1.165) is 94.8 Å². The predicted octanol–water partition coefficient (Wildman–Crippen LogP) is 9.00. The highest BCUT2D eigenvalue weighted by Gasteiger charge is 2.20. The number of fused-ring (bicyclic) bond motifs is 2. The van der Waals surface area contributed by atoms with E-state index in [-0.39, 0.29) is 24.8 Å². The Bertz CT molecular complexity index is 1270. The van der Waals surface area contributed by atoms with E-state index in [9.17, 15) is 0 Å². The predicted molar refractivity (Wildman–Crippen MR) is 191 cm³/mol. The van der Waals surface area contributed by atoms with Crippen LogP contribution in [0.3, 0.4) is 0 Å². The average molecular weight is 682 g/mol. The lowest BCUT2D eigenvalue weighted by molar-refractivity contribution is 0.0358. The van der Waals surface area contributed by atoms with Gasteiger partial charge in [0.25, 0.3) is 0 Å². The molecule has 3 aromatic carbocycles. The van der Waals surface area contributed by atoms with E-state index in [4.69, 9.17) is 25.8 Å². The van der Waals surface area contributed by atoms with Crippen molar-refractivity contribution >= 4 is 53.7 Å². The third-order valence-corrected chi connectivity index (χ3v) is 8.52. The van der Waals surface area contributed by atoms with Gasteiger partial charge in [0.05, 0.1) is 26.4 Å². The van der Waals surface area contributed by atoms with Gasteiger partial charge in [-0.3, -0.25) is 4.90 Å². The number of benzene rings is 3. The van der Waals surface area contributed by atoms with E-state index in [1.807, 2.05) is 42.1 Å². The van der Waals surface area contributed by atoms with Gasteiger partial charge >= 0.3 is 0 Å². The molecule has 2 aliphatic heterocycles. The average Bonchev–Trinajstić information content (AvgIpc) is 3.01. The second-order valence-corrected chi connectivity index (χ2v) is 12.3. The second kappa shape index (κ2) is 21.0. The molecular weight excluding hydrogens is 635 g/mol. The minimum Gasteiger partial charge on any atom is -0.494 e. The molecule has 0 N–H and O–H groups in total. The standard InChI is InChI=1S/C18H18ClNS.C17H27NO3.2ClH/c1-20(2)11-5-7-14-15-6-3-4-8-17(15)21-18-10-9-13(19)12-16(14)18;1-2-3-12-20-16-5-7-17(8-6-16)21-13-4-9-18-10-14-19-15-11-18;;/h3-4,6-10,12H,5,11H2,1-2H3;5-8H,2-4,9-15H2,1H3;2*1H. The van der Waals surface area contributed by atoms with Crippen molar-refractivity contribution < 1.29 is 14.2 Å². The van der Waals surface area contributed by atoms with E-state index in [1.54, 1.807) is 0 Å². The fourth-order valence-corrected chi connectivity index (χ4v) is 6.06. The number of unbranched alkanes of at least 4 members (excludes halogenated alkanes) is 1. The Morgan fingerprint density at radius 2 is 1.50 bits per heavy atom. The smallest absolute Gasteiger partial charge is 0.119 e. The largest absolute Gasteiger partial charge is 0.494 e. The van der Waals surface area contributed by atoms with Crippen molar-refractivity contribution in [2.75, 3.05) is 66.7 Å². The van der Waals surface area contributed by atoms with Crippen LogP contribution >= 0.6 is 48.2 Å². The SMILES string of the molecule is CCCCOc1ccc(OCCCN2CCOCC2)cc1.CN(C)CCC=C1c2ccccc2Sc2ccc(Cl)cc21.Cl.Cl. The number of hydrogen-bond acceptors (Lipinski definition) is 6. The first-order valence-corrected chi connectivity index (χ1v) is 16.3. The molecule has 44 heavy (non-hydrogen) atoms. The Hall–Kier alpha value is -1.90. The first-order chi connectivity index (χ1) is 20.5. The fraction of sp³-hybridized carbons (Fsp3) is 0.429. The third-order valence-electron chi connectivity index (χ3n) is 7.14. The lowest BCUT2D eigenvalue weighted by Gasteiger charge is -2.26. The van der Waals surface area contributed by atoms with Crippen LogP contribution in [0, 0.1) is 0 Å². The van der Waals surface area contributed by atoms with Crippen molar-refractivity contribution in [2.45, 2.75) is 42.4 Å². The summed E-state index contributed by atoms with van der Waals surface area (Å²) in [5.74, 6) is 1.84. The summed E-state index contributed by atoms with van der Waals surface area (Å²) in [7, 11) is 4.21. The second-order valence-electron chi connectivity index (χ2n) is 10.8. The van der Waals surface area contributed by atoms with Gasteiger partial charge in [-0.2, -0.15) is 0 Å². The highest BCUT2D eigenvalue weighted by atomic mass is 35.5. The van der Waals surface area contributed by atoms with Crippen LogP contribution in [-0.4, -0.2) is 76.5 Å². The topological polar surface area (TPSA) is 34.2 Å². The Labute approximate surface area is 286 Å². The molecule has 0 aromatic heterocycles. The maximum absolute atomic E-state index is 6.21. The van der Waals surface area contributed by atoms with Gasteiger partial charge in [-0.1, -0.05) is 61.0 Å². The third kappa shape index (κ3) is 12.5. The van der Waals surface area contributed by atoms with E-state index >= 15 is 0 Å². The van der Waals surface area contributed by atoms with Gasteiger partial charge in [0.1, 0.15) is 11.5 Å². The van der Waals surface area contributed by atoms with Crippen LogP contribution in [-0.2, 0) is 4.74 Å². The summed E-state index contributed by atoms with van der Waals surface area (Å²) in [6.07, 6.45) is 6.68. The summed E-state index contributed by atoms with van der Waals surface area (Å²) in [5.41, 5.74) is 3.88. The van der Waals surface area contributed by atoms with Crippen molar-refractivity contribution in [1.82, 2.24) is 9.80 Å². The van der Waals surface area contributed by atoms with Crippen LogP contribution in [0.25, 0.3) is 5.57 Å². The summed E-state index contributed by atoms with van der Waals surface area (Å²) in [6, 6.07) is 22.7. The van der Waals surface area contributed by atoms with E-state index in [2.05, 4.69) is 73.3 Å². The van der Waals surface area contributed by atoms with Crippen molar-refractivity contribution in [3.8, 4) is 11.5 Å². The Kier molecular flexibility index (Phi) is 18.3. The van der Waals surface area contributed by atoms with Crippen LogP contribution < -0.4 is 9.47 Å². The first-order valence-electron chi connectivity index (χ1n) is 15.1. The van der Waals surface area contributed by atoms with Crippen molar-refractivity contribution in [2.24, 2.45) is 0 Å². The normalized spacial score (nSPS) is 14.8. The maximum Gasteiger partial charge on any atom is 0.119 e. The quantitative estimate of drug-likeness (QED) is 0.139. The molecule has 0 radical (unpaired) electrons. The van der Waals surface area contributed by atoms with Crippen LogP contribution in [0.15, 0.2) is 82.6 Å². The van der Waals surface area contributed by atoms with Crippen LogP contribution in [0.4, 0.5) is 0 Å². The molecule has 3 aromatic rings. The molecule has 1 fully saturated rings. The molecule has 2 heterocycles. The van der Waals surface area contributed by atoms with Crippen molar-refractivity contribution in [3.05, 3.63) is 89.0 Å². The van der Waals surface area contributed by atoms with Gasteiger partial charge in [-0.15, -0.1) is 24.8 Å². The molecule has 0 atom stereocenters. The lowest BCUT2D eigenvalue weighted by atomic mass is 9.96. The molecule has 5 nitrogen and oxygen atoms in total. The van der Waals surface area contributed by atoms with Gasteiger partial charge in [0.2, 0.25) is 0 Å². The molecule has 0 bridgehead atoms. The molecular formula is C35H47Cl3N2O3S. The van der Waals surface area contributed by atoms with Gasteiger partial charge in [-0.25, -0.2) is 0 Å². The van der Waals surface area contributed by atoms with Crippen LogP contribution in [0.1, 0.15) is 43.7 Å². The molecule has 1 saturated heterocycles. The number of halogens is 3. The molecule has 2 aliphatic rings. The fourth-order valence-electron chi connectivity index (χ4n) is 4.80. The highest BCUT2D eigenvalue weighted by molar-refractivity contribution is 7.99. The molecule has 0 aliphatic carbocycles. The number of ether oxygens (including phenoxy) is 3. The minimum atomic E-state index is 0. The zero-order valence-electron chi connectivity index (χ0n) is 26.1. The van der Waals surface area contributed by atoms with Crippen molar-refractivity contribution in [1.29, 1.82) is 0 Å². The number of nitrogens with zero attached hydrogens (tertiary/aromatic N) is 2. The van der Waals surface area contributed by atoms with E-state index in [0.29, 0.717) is 0 Å². The number of rotatable bonds is 12. The Balaban J connectivity index is 0.000000293. The summed E-state index contributed by atoms with van der Waals surface area (Å²) >= 11 is 8.03. The zero-order valence-corrected chi connectivity index (χ0v) is 29.3. The molecule has 242 valence electrons. The molecule has 0 unspecified atom stereocenters. The van der Waals surface area contributed by atoms with Gasteiger partial charge in [-0.05, 0) is 98.6 Å². The zero-order chi connectivity index (χ0) is 29.6. The van der Waals surface area contributed by atoms with E-state index in [1.165, 1.54) is 26.5 Å². The minimum absolute atomic E-state index is 0. The monoisotopic (exact) mass is 680 g/mol. The summed E-state index contributed by atoms with van der Waals surface area (Å²) < 4.78 is 16.7. The summed E-state index contributed by atoms with van der Waals surface area (Å²) in [5, 5.41) is 0.798. The molecule has 0 amide bonds. The van der Waals surface area contributed by atoms with E-state index < -0.39 is 0 Å². The Morgan fingerprint density at radius 3 is 2.16 bits per heavy atom. The van der Waals surface area contributed by atoms with Crippen LogP contribution in [0.5, 0.6) is 11.5 Å². The Morgan fingerprint density at radius 1 is 0.864 bits per heavy atom. The molecule has 0 spiro atoms. The summed E-state index contributed by atoms with van der Waals surface area (Å²) in [4.78, 5) is 7.24. The van der Waals surface area contributed by atoms with Gasteiger partial charge in [0.15, 0.2) is 0 Å².